The van der Waals surface area contributed by atoms with Crippen LogP contribution in [-0.4, -0.2) is 15.0 Å². The molecule has 0 amide bonds. The van der Waals surface area contributed by atoms with Gasteiger partial charge < -0.3 is 0 Å². The Morgan fingerprint density at radius 1 is 0.459 bits per heavy atom. The van der Waals surface area contributed by atoms with Crippen molar-refractivity contribution in [3.63, 3.8) is 0 Å². The molecule has 1 aromatic heterocycles. The largest absolute Gasteiger partial charge is 0.208 e. The summed E-state index contributed by atoms with van der Waals surface area (Å²) in [7, 11) is 0. The molecule has 1 heterocycles. The molecule has 1 aliphatic carbocycles. The average Bonchev–Trinajstić information content (AvgIpc) is 2.92. The molecule has 5 aromatic rings. The van der Waals surface area contributed by atoms with Crippen molar-refractivity contribution >= 4 is 15.9 Å². The number of benzene rings is 4. The number of fused-ring (bicyclic) bond motifs is 2. The molecule has 0 fully saturated rings. The number of hydrogen-bond donors (Lipinski definition) is 0. The Labute approximate surface area is 226 Å². The molecule has 0 atom stereocenters. The van der Waals surface area contributed by atoms with E-state index >= 15 is 0 Å². The van der Waals surface area contributed by atoms with Crippen molar-refractivity contribution in [2.24, 2.45) is 0 Å². The molecule has 4 heteroatoms. The lowest BCUT2D eigenvalue weighted by atomic mass is 9.60. The SMILES string of the molecule is CC1(C)c2ccc(Br)cc2C(C)(C)c2cc(-c3nc(-c4ccccc4)nc(-c4ccccc4)n3)ccc21. The Hall–Kier alpha value is -3.63. The highest BCUT2D eigenvalue weighted by Crippen LogP contribution is 2.50. The van der Waals surface area contributed by atoms with Gasteiger partial charge in [0, 0.05) is 32.0 Å². The lowest BCUT2D eigenvalue weighted by molar-refractivity contribution is 0.520. The summed E-state index contributed by atoms with van der Waals surface area (Å²) in [4.78, 5) is 14.8. The van der Waals surface area contributed by atoms with Gasteiger partial charge >= 0.3 is 0 Å². The molecule has 4 aromatic carbocycles. The van der Waals surface area contributed by atoms with Crippen LogP contribution >= 0.6 is 15.9 Å². The first-order valence-electron chi connectivity index (χ1n) is 12.6. The van der Waals surface area contributed by atoms with Gasteiger partial charge in [0.1, 0.15) is 0 Å². The van der Waals surface area contributed by atoms with Gasteiger partial charge in [0.2, 0.25) is 0 Å². The Kier molecular flexibility index (Phi) is 5.61. The molecule has 0 saturated carbocycles. The van der Waals surface area contributed by atoms with Crippen LogP contribution in [0.1, 0.15) is 49.9 Å². The van der Waals surface area contributed by atoms with Crippen LogP contribution in [-0.2, 0) is 10.8 Å². The van der Waals surface area contributed by atoms with Gasteiger partial charge in [0.05, 0.1) is 0 Å². The van der Waals surface area contributed by atoms with E-state index in [0.717, 1.165) is 21.2 Å². The molecule has 0 bridgehead atoms. The molecule has 3 nitrogen and oxygen atoms in total. The van der Waals surface area contributed by atoms with E-state index in [1.54, 1.807) is 0 Å². The number of nitrogens with zero attached hydrogens (tertiary/aromatic N) is 3. The predicted molar refractivity (Wildman–Crippen MR) is 155 cm³/mol. The fourth-order valence-corrected chi connectivity index (χ4v) is 5.91. The van der Waals surface area contributed by atoms with Crippen molar-refractivity contribution in [3.8, 4) is 34.2 Å². The van der Waals surface area contributed by atoms with Gasteiger partial charge in [-0.25, -0.2) is 15.0 Å². The van der Waals surface area contributed by atoms with E-state index in [0.29, 0.717) is 17.5 Å². The Balaban J connectivity index is 1.56. The first-order valence-corrected chi connectivity index (χ1v) is 13.4. The van der Waals surface area contributed by atoms with Gasteiger partial charge in [-0.3, -0.25) is 0 Å². The van der Waals surface area contributed by atoms with E-state index in [9.17, 15) is 0 Å². The van der Waals surface area contributed by atoms with Crippen molar-refractivity contribution < 1.29 is 0 Å². The van der Waals surface area contributed by atoms with Crippen LogP contribution in [0.15, 0.2) is 102 Å². The van der Waals surface area contributed by atoms with E-state index in [4.69, 9.17) is 15.0 Å². The minimum absolute atomic E-state index is 0.108. The van der Waals surface area contributed by atoms with E-state index in [1.807, 2.05) is 60.7 Å². The van der Waals surface area contributed by atoms with Crippen molar-refractivity contribution in [2.75, 3.05) is 0 Å². The third kappa shape index (κ3) is 4.00. The second-order valence-electron chi connectivity index (χ2n) is 10.7. The Morgan fingerprint density at radius 3 is 1.43 bits per heavy atom. The van der Waals surface area contributed by atoms with Crippen molar-refractivity contribution in [1.29, 1.82) is 0 Å². The van der Waals surface area contributed by atoms with Crippen LogP contribution in [0.3, 0.4) is 0 Å². The zero-order chi connectivity index (χ0) is 25.8. The molecule has 182 valence electrons. The first kappa shape index (κ1) is 23.7. The number of hydrogen-bond acceptors (Lipinski definition) is 3. The summed E-state index contributed by atoms with van der Waals surface area (Å²) in [5.74, 6) is 2.04. The van der Waals surface area contributed by atoms with Crippen molar-refractivity contribution in [3.05, 3.63) is 124 Å². The van der Waals surface area contributed by atoms with Crippen molar-refractivity contribution in [2.45, 2.75) is 38.5 Å². The maximum absolute atomic E-state index is 4.96. The maximum Gasteiger partial charge on any atom is 0.164 e. The molecular formula is C33H28BrN3. The summed E-state index contributed by atoms with van der Waals surface area (Å²) in [5, 5.41) is 0. The summed E-state index contributed by atoms with van der Waals surface area (Å²) >= 11 is 3.70. The molecule has 0 radical (unpaired) electrons. The standard InChI is InChI=1S/C33H28BrN3/c1-32(2)25-17-15-23(19-27(25)33(3,4)28-20-24(34)16-18-26(28)32)31-36-29(21-11-7-5-8-12-21)35-30(37-31)22-13-9-6-10-14-22/h5-20H,1-4H3. The molecule has 37 heavy (non-hydrogen) atoms. The van der Waals surface area contributed by atoms with Crippen LogP contribution in [0.25, 0.3) is 34.2 Å². The molecule has 0 saturated heterocycles. The summed E-state index contributed by atoms with van der Waals surface area (Å²) in [6, 6.07) is 33.7. The van der Waals surface area contributed by atoms with E-state index in [1.165, 1.54) is 22.3 Å². The Morgan fingerprint density at radius 2 is 0.892 bits per heavy atom. The quantitative estimate of drug-likeness (QED) is 0.228. The summed E-state index contributed by atoms with van der Waals surface area (Å²) in [6.45, 7) is 9.26. The van der Waals surface area contributed by atoms with E-state index in [2.05, 4.69) is 80.0 Å². The monoisotopic (exact) mass is 545 g/mol. The molecule has 0 N–H and O–H groups in total. The van der Waals surface area contributed by atoms with Gasteiger partial charge in [0.25, 0.3) is 0 Å². The smallest absolute Gasteiger partial charge is 0.164 e. The first-order chi connectivity index (χ1) is 17.7. The van der Waals surface area contributed by atoms with Crippen LogP contribution < -0.4 is 0 Å². The minimum atomic E-state index is -0.169. The van der Waals surface area contributed by atoms with E-state index < -0.39 is 0 Å². The van der Waals surface area contributed by atoms with Gasteiger partial charge in [-0.1, -0.05) is 122 Å². The normalized spacial score (nSPS) is 15.1. The highest BCUT2D eigenvalue weighted by molar-refractivity contribution is 9.10. The van der Waals surface area contributed by atoms with Crippen molar-refractivity contribution in [1.82, 2.24) is 15.0 Å². The second kappa shape index (κ2) is 8.74. The highest BCUT2D eigenvalue weighted by Gasteiger charge is 2.41. The predicted octanol–water partition coefficient (Wildman–Crippen LogP) is 8.60. The summed E-state index contributed by atoms with van der Waals surface area (Å²) < 4.78 is 1.10. The molecule has 1 aliphatic rings. The van der Waals surface area contributed by atoms with Crippen LogP contribution in [0, 0.1) is 0 Å². The maximum atomic E-state index is 4.96. The summed E-state index contributed by atoms with van der Waals surface area (Å²) in [5.41, 5.74) is 8.04. The molecule has 6 rings (SSSR count). The third-order valence-electron chi connectivity index (χ3n) is 7.65. The lowest BCUT2D eigenvalue weighted by Crippen LogP contribution is -2.36. The topological polar surface area (TPSA) is 38.7 Å². The number of rotatable bonds is 3. The Bertz CT molecular complexity index is 1570. The minimum Gasteiger partial charge on any atom is -0.208 e. The van der Waals surface area contributed by atoms with Gasteiger partial charge in [0.15, 0.2) is 17.5 Å². The van der Waals surface area contributed by atoms with Crippen LogP contribution in [0.2, 0.25) is 0 Å². The highest BCUT2D eigenvalue weighted by atomic mass is 79.9. The number of aromatic nitrogens is 3. The fourth-order valence-electron chi connectivity index (χ4n) is 5.55. The van der Waals surface area contributed by atoms with Crippen LogP contribution in [0.4, 0.5) is 0 Å². The molecule has 0 unspecified atom stereocenters. The van der Waals surface area contributed by atoms with Gasteiger partial charge in [-0.15, -0.1) is 0 Å². The summed E-state index contributed by atoms with van der Waals surface area (Å²) in [6.07, 6.45) is 0. The zero-order valence-electron chi connectivity index (χ0n) is 21.5. The molecule has 0 aliphatic heterocycles. The van der Waals surface area contributed by atoms with Crippen LogP contribution in [0.5, 0.6) is 0 Å². The third-order valence-corrected chi connectivity index (χ3v) is 8.15. The average molecular weight is 547 g/mol. The van der Waals surface area contributed by atoms with E-state index in [-0.39, 0.29) is 10.8 Å². The van der Waals surface area contributed by atoms with Gasteiger partial charge in [-0.05, 0) is 40.5 Å². The molecule has 0 spiro atoms. The van der Waals surface area contributed by atoms with Gasteiger partial charge in [-0.2, -0.15) is 0 Å². The molecular weight excluding hydrogens is 518 g/mol. The second-order valence-corrected chi connectivity index (χ2v) is 11.7. The number of halogens is 1. The lowest BCUT2D eigenvalue weighted by Gasteiger charge is -2.44. The fraction of sp³-hybridized carbons (Fsp3) is 0.182. The zero-order valence-corrected chi connectivity index (χ0v) is 23.0.